The van der Waals surface area contributed by atoms with Gasteiger partial charge in [0, 0.05) is 0 Å². The van der Waals surface area contributed by atoms with Gasteiger partial charge in [-0.3, -0.25) is 0 Å². The minimum Gasteiger partial charge on any atom is -1.00 e. The third-order valence-electron chi connectivity index (χ3n) is 1.47. The summed E-state index contributed by atoms with van der Waals surface area (Å²) in [6.07, 6.45) is 1.97. The molecule has 0 aromatic carbocycles. The van der Waals surface area contributed by atoms with Crippen LogP contribution < -0.4 is 0 Å². The van der Waals surface area contributed by atoms with Gasteiger partial charge in [-0.15, -0.1) is 0 Å². The molecular formula is C8H21ClMgO2Si. The van der Waals surface area contributed by atoms with Gasteiger partial charge in [-0.05, 0) is 12.8 Å². The summed E-state index contributed by atoms with van der Waals surface area (Å²) in [7, 11) is -0.488. The first-order valence-corrected chi connectivity index (χ1v) is 7.15. The number of halogens is 1. The minimum atomic E-state index is -0.744. The molecule has 5 heteroatoms. The Morgan fingerprint density at radius 1 is 1.23 bits per heavy atom. The number of hydrogen-bond donors (Lipinski definition) is 0. The Hall–Kier alpha value is 1.19. The first-order valence-electron chi connectivity index (χ1n) is 4.65. The number of alkyl halides is 1. The molecule has 0 rings (SSSR count). The molecule has 0 radical (unpaired) electrons. The summed E-state index contributed by atoms with van der Waals surface area (Å²) in [4.78, 5) is -0.744. The van der Waals surface area contributed by atoms with Crippen molar-refractivity contribution < 1.29 is 12.3 Å². The summed E-state index contributed by atoms with van der Waals surface area (Å²) in [6, 6.07) is 0. The van der Waals surface area contributed by atoms with Gasteiger partial charge >= 0.3 is 23.1 Å². The topological polar surface area (TPSA) is 18.5 Å². The Bertz CT molecular complexity index is 117. The van der Waals surface area contributed by atoms with Crippen LogP contribution >= 0.6 is 11.6 Å². The van der Waals surface area contributed by atoms with E-state index in [0.717, 1.165) is 12.8 Å². The van der Waals surface area contributed by atoms with Gasteiger partial charge in [0.2, 0.25) is 4.87 Å². The van der Waals surface area contributed by atoms with Crippen LogP contribution in [0.3, 0.4) is 0 Å². The maximum absolute atomic E-state index is 6.10. The number of hydrogen-bond acceptors (Lipinski definition) is 2. The van der Waals surface area contributed by atoms with E-state index in [1.165, 1.54) is 0 Å². The SMILES string of the molecule is CCCOC(Cl)(OCCC)[SiH2]C.[H-].[H-].[Mg+2]. The molecule has 13 heavy (non-hydrogen) atoms. The maximum atomic E-state index is 6.10. The van der Waals surface area contributed by atoms with E-state index < -0.39 is 14.4 Å². The van der Waals surface area contributed by atoms with E-state index in [9.17, 15) is 0 Å². The van der Waals surface area contributed by atoms with Crippen molar-refractivity contribution in [2.75, 3.05) is 13.2 Å². The normalized spacial score (nSPS) is 12.0. The van der Waals surface area contributed by atoms with Gasteiger partial charge in [0.1, 0.15) is 9.52 Å². The average Bonchev–Trinajstić information content (AvgIpc) is 2.11. The van der Waals surface area contributed by atoms with Crippen molar-refractivity contribution in [3.05, 3.63) is 0 Å². The Kier molecular flexibility index (Phi) is 12.4. The zero-order chi connectivity index (χ0) is 9.45. The zero-order valence-electron chi connectivity index (χ0n) is 10.9. The Morgan fingerprint density at radius 2 is 1.62 bits per heavy atom. The smallest absolute Gasteiger partial charge is 1.00 e. The molecule has 0 saturated carbocycles. The Labute approximate surface area is 108 Å². The van der Waals surface area contributed by atoms with Gasteiger partial charge in [-0.25, -0.2) is 0 Å². The van der Waals surface area contributed by atoms with Crippen molar-refractivity contribution in [3.8, 4) is 0 Å². The van der Waals surface area contributed by atoms with Crippen LogP contribution in [0.2, 0.25) is 6.55 Å². The van der Waals surface area contributed by atoms with Crippen LogP contribution in [0.4, 0.5) is 0 Å². The molecule has 0 spiro atoms. The molecule has 0 bridgehead atoms. The van der Waals surface area contributed by atoms with E-state index in [-0.39, 0.29) is 25.9 Å². The largest absolute Gasteiger partial charge is 2.00 e. The molecule has 0 atom stereocenters. The predicted molar refractivity (Wildman–Crippen MR) is 63.5 cm³/mol. The molecular weight excluding hydrogens is 216 g/mol. The molecule has 2 nitrogen and oxygen atoms in total. The third kappa shape index (κ3) is 8.21. The van der Waals surface area contributed by atoms with Gasteiger partial charge in [-0.1, -0.05) is 32.0 Å². The van der Waals surface area contributed by atoms with Gasteiger partial charge in [-0.2, -0.15) is 0 Å². The third-order valence-corrected chi connectivity index (χ3v) is 3.74. The first-order chi connectivity index (χ1) is 5.68. The van der Waals surface area contributed by atoms with Crippen LogP contribution in [0, 0.1) is 0 Å². The van der Waals surface area contributed by atoms with Crippen LogP contribution in [0.15, 0.2) is 0 Å². The zero-order valence-corrected chi connectivity index (χ0v) is 12.5. The van der Waals surface area contributed by atoms with Crippen molar-refractivity contribution in [2.45, 2.75) is 38.1 Å². The molecule has 78 valence electrons. The molecule has 0 N–H and O–H groups in total. The molecule has 0 aliphatic carbocycles. The van der Waals surface area contributed by atoms with E-state index in [4.69, 9.17) is 21.1 Å². The number of ether oxygens (including phenoxy) is 2. The summed E-state index contributed by atoms with van der Waals surface area (Å²) in [6.45, 7) is 7.60. The molecule has 0 amide bonds. The molecule has 0 aromatic rings. The summed E-state index contributed by atoms with van der Waals surface area (Å²) in [5.41, 5.74) is 0. The second-order valence-electron chi connectivity index (χ2n) is 2.71. The minimum absolute atomic E-state index is 0. The standard InChI is InChI=1S/C8H19ClO2Si.Mg.2H/c1-4-6-10-8(9,12-3)11-7-5-2;;;/h4-7,12H2,1-3H3;;;/q;+2;2*-1. The Balaban J connectivity index is -0.000000202. The van der Waals surface area contributed by atoms with E-state index in [2.05, 4.69) is 20.4 Å². The van der Waals surface area contributed by atoms with Gasteiger partial charge < -0.3 is 12.3 Å². The van der Waals surface area contributed by atoms with Gasteiger partial charge in [0.25, 0.3) is 0 Å². The second kappa shape index (κ2) is 9.74. The summed E-state index contributed by atoms with van der Waals surface area (Å²) in [5.74, 6) is 0. The second-order valence-corrected chi connectivity index (χ2v) is 5.37. The van der Waals surface area contributed by atoms with E-state index >= 15 is 0 Å². The maximum Gasteiger partial charge on any atom is 2.00 e. The van der Waals surface area contributed by atoms with Crippen LogP contribution in [-0.4, -0.2) is 50.7 Å². The van der Waals surface area contributed by atoms with E-state index in [1.54, 1.807) is 0 Å². The van der Waals surface area contributed by atoms with Crippen molar-refractivity contribution in [1.82, 2.24) is 0 Å². The first kappa shape index (κ1) is 16.6. The fourth-order valence-electron chi connectivity index (χ4n) is 0.755. The predicted octanol–water partition coefficient (Wildman–Crippen LogP) is 1.75. The average molecular weight is 237 g/mol. The molecule has 0 heterocycles. The molecule has 0 aliphatic rings. The van der Waals surface area contributed by atoms with Crippen LogP contribution in [0.5, 0.6) is 0 Å². The van der Waals surface area contributed by atoms with Crippen molar-refractivity contribution in [1.29, 1.82) is 0 Å². The fourth-order valence-corrected chi connectivity index (χ4v) is 1.61. The number of rotatable bonds is 7. The fraction of sp³-hybridized carbons (Fsp3) is 1.00. The van der Waals surface area contributed by atoms with Gasteiger partial charge in [0.05, 0.1) is 13.2 Å². The molecule has 0 unspecified atom stereocenters. The van der Waals surface area contributed by atoms with Crippen molar-refractivity contribution in [3.63, 3.8) is 0 Å². The summed E-state index contributed by atoms with van der Waals surface area (Å²) in [5, 5.41) is 0. The van der Waals surface area contributed by atoms with Crippen LogP contribution in [0.1, 0.15) is 29.5 Å². The van der Waals surface area contributed by atoms with E-state index in [1.807, 2.05) is 0 Å². The summed E-state index contributed by atoms with van der Waals surface area (Å²) >= 11 is 6.10. The molecule has 0 aromatic heterocycles. The van der Waals surface area contributed by atoms with Crippen LogP contribution in [0.25, 0.3) is 0 Å². The van der Waals surface area contributed by atoms with Crippen LogP contribution in [-0.2, 0) is 9.47 Å². The molecule has 0 saturated heterocycles. The summed E-state index contributed by atoms with van der Waals surface area (Å²) < 4.78 is 10.9. The molecule has 0 aliphatic heterocycles. The van der Waals surface area contributed by atoms with Crippen molar-refractivity contribution >= 4 is 44.2 Å². The van der Waals surface area contributed by atoms with E-state index in [0.29, 0.717) is 13.2 Å². The van der Waals surface area contributed by atoms with Gasteiger partial charge in [0.15, 0.2) is 0 Å². The monoisotopic (exact) mass is 236 g/mol. The van der Waals surface area contributed by atoms with Crippen molar-refractivity contribution in [2.24, 2.45) is 0 Å². The molecule has 0 fully saturated rings. The Morgan fingerprint density at radius 3 is 1.85 bits per heavy atom. The quantitative estimate of drug-likeness (QED) is 0.381.